The molecular formula is C21H16F4N4O. The zero-order chi connectivity index (χ0) is 21.3. The van der Waals surface area contributed by atoms with Gasteiger partial charge < -0.3 is 4.74 Å². The van der Waals surface area contributed by atoms with Crippen LogP contribution in [-0.4, -0.2) is 26.7 Å². The van der Waals surface area contributed by atoms with Crippen molar-refractivity contribution in [3.05, 3.63) is 77.8 Å². The molecule has 9 heteroatoms. The number of ether oxygens (including phenoxy) is 1. The Labute approximate surface area is 169 Å². The lowest BCUT2D eigenvalue weighted by molar-refractivity contribution is -0.137. The number of alkyl halides is 3. The molecule has 0 aliphatic heterocycles. The van der Waals surface area contributed by atoms with Gasteiger partial charge in [0.25, 0.3) is 0 Å². The van der Waals surface area contributed by atoms with Crippen LogP contribution in [0.5, 0.6) is 5.75 Å². The number of halogens is 4. The van der Waals surface area contributed by atoms with E-state index in [2.05, 4.69) is 15.2 Å². The minimum absolute atomic E-state index is 0.0784. The molecule has 0 aliphatic carbocycles. The molecule has 0 saturated carbocycles. The summed E-state index contributed by atoms with van der Waals surface area (Å²) >= 11 is 0. The van der Waals surface area contributed by atoms with Gasteiger partial charge in [-0.05, 0) is 43.2 Å². The van der Waals surface area contributed by atoms with E-state index in [0.29, 0.717) is 24.2 Å². The predicted octanol–water partition coefficient (Wildman–Crippen LogP) is 4.74. The number of rotatable bonds is 5. The maximum Gasteiger partial charge on any atom is 0.417 e. The lowest BCUT2D eigenvalue weighted by Gasteiger charge is -2.14. The van der Waals surface area contributed by atoms with Crippen molar-refractivity contribution in [2.24, 2.45) is 0 Å². The van der Waals surface area contributed by atoms with Gasteiger partial charge in [0.15, 0.2) is 5.65 Å². The molecule has 154 valence electrons. The van der Waals surface area contributed by atoms with E-state index < -0.39 is 11.7 Å². The highest BCUT2D eigenvalue weighted by Crippen LogP contribution is 2.37. The van der Waals surface area contributed by atoms with Gasteiger partial charge in [-0.1, -0.05) is 6.07 Å². The van der Waals surface area contributed by atoms with Crippen LogP contribution in [0.3, 0.4) is 0 Å². The lowest BCUT2D eigenvalue weighted by Crippen LogP contribution is -2.08. The summed E-state index contributed by atoms with van der Waals surface area (Å²) in [7, 11) is 1.47. The van der Waals surface area contributed by atoms with Crippen LogP contribution in [0.4, 0.5) is 17.6 Å². The van der Waals surface area contributed by atoms with Gasteiger partial charge in [-0.2, -0.15) is 13.2 Å². The fraction of sp³-hybridized carbons (Fsp3) is 0.190. The first-order valence-corrected chi connectivity index (χ1v) is 9.04. The molecule has 4 aromatic rings. The second kappa shape index (κ2) is 7.74. The first kappa shape index (κ1) is 19.8. The van der Waals surface area contributed by atoms with E-state index in [0.717, 1.165) is 24.2 Å². The zero-order valence-corrected chi connectivity index (χ0v) is 15.8. The summed E-state index contributed by atoms with van der Waals surface area (Å²) in [6, 6.07) is 8.78. The number of nitrogens with zero attached hydrogens (tertiary/aromatic N) is 4. The summed E-state index contributed by atoms with van der Waals surface area (Å²) in [6.45, 7) is 0. The van der Waals surface area contributed by atoms with Crippen LogP contribution >= 0.6 is 0 Å². The Morgan fingerprint density at radius 3 is 2.63 bits per heavy atom. The molecule has 0 spiro atoms. The van der Waals surface area contributed by atoms with Crippen LogP contribution in [0.25, 0.3) is 16.8 Å². The average molecular weight is 416 g/mol. The van der Waals surface area contributed by atoms with Crippen molar-refractivity contribution < 1.29 is 22.3 Å². The molecule has 0 unspecified atom stereocenters. The maximum atomic E-state index is 14.2. The molecule has 1 aromatic carbocycles. The van der Waals surface area contributed by atoms with Crippen molar-refractivity contribution in [1.29, 1.82) is 0 Å². The molecule has 3 aromatic heterocycles. The Bertz CT molecular complexity index is 1200. The Hall–Kier alpha value is -3.49. The summed E-state index contributed by atoms with van der Waals surface area (Å²) in [5.74, 6) is 0.0629. The molecule has 0 aliphatic rings. The van der Waals surface area contributed by atoms with Crippen LogP contribution in [0, 0.1) is 5.82 Å². The lowest BCUT2D eigenvalue weighted by atomic mass is 10.0. The third-order valence-electron chi connectivity index (χ3n) is 4.88. The first-order valence-electron chi connectivity index (χ1n) is 9.04. The Morgan fingerprint density at radius 2 is 1.87 bits per heavy atom. The Kier molecular flexibility index (Phi) is 5.11. The molecule has 0 saturated heterocycles. The van der Waals surface area contributed by atoms with Crippen molar-refractivity contribution in [1.82, 2.24) is 19.6 Å². The highest BCUT2D eigenvalue weighted by atomic mass is 19.4. The second-order valence-corrected chi connectivity index (χ2v) is 6.60. The third kappa shape index (κ3) is 3.58. The van der Waals surface area contributed by atoms with Crippen molar-refractivity contribution in [2.45, 2.75) is 19.0 Å². The summed E-state index contributed by atoms with van der Waals surface area (Å²) in [6.07, 6.45) is -0.0968. The van der Waals surface area contributed by atoms with Crippen LogP contribution < -0.4 is 4.74 Å². The Balaban J connectivity index is 1.73. The van der Waals surface area contributed by atoms with E-state index in [1.54, 1.807) is 28.7 Å². The average Bonchev–Trinajstić information content (AvgIpc) is 3.22. The molecule has 30 heavy (non-hydrogen) atoms. The van der Waals surface area contributed by atoms with E-state index in [-0.39, 0.29) is 22.6 Å². The topological polar surface area (TPSA) is 52.3 Å². The standard InChI is InChI=1S/C21H16F4N4O/c1-30-19-4-2-3-18(22)15(19)8-6-13-5-7-14(20-28-27-12-29(13)20)16-11-26-10-9-17(16)21(23,24)25/h2-5,7,9-12H,6,8H2,1H3. The number of aryl methyl sites for hydroxylation is 1. The van der Waals surface area contributed by atoms with Gasteiger partial charge in [-0.3, -0.25) is 9.38 Å². The molecule has 0 bridgehead atoms. The highest BCUT2D eigenvalue weighted by molar-refractivity contribution is 5.79. The summed E-state index contributed by atoms with van der Waals surface area (Å²) in [4.78, 5) is 3.84. The number of hydrogen-bond donors (Lipinski definition) is 0. The number of aromatic nitrogens is 4. The Morgan fingerprint density at radius 1 is 1.03 bits per heavy atom. The summed E-state index contributed by atoms with van der Waals surface area (Å²) in [5.41, 5.74) is 0.807. The van der Waals surface area contributed by atoms with Crippen LogP contribution in [0.1, 0.15) is 16.8 Å². The quantitative estimate of drug-likeness (QED) is 0.441. The van der Waals surface area contributed by atoms with Gasteiger partial charge >= 0.3 is 6.18 Å². The van der Waals surface area contributed by atoms with Crippen LogP contribution in [-0.2, 0) is 19.0 Å². The summed E-state index contributed by atoms with van der Waals surface area (Å²) in [5, 5.41) is 7.86. The normalized spacial score (nSPS) is 11.8. The molecule has 3 heterocycles. The molecule has 0 radical (unpaired) electrons. The van der Waals surface area contributed by atoms with Crippen molar-refractivity contribution in [3.63, 3.8) is 0 Å². The highest BCUT2D eigenvalue weighted by Gasteiger charge is 2.34. The van der Waals surface area contributed by atoms with Crippen molar-refractivity contribution in [2.75, 3.05) is 7.11 Å². The summed E-state index contributed by atoms with van der Waals surface area (Å²) < 4.78 is 61.4. The van der Waals surface area contributed by atoms with Gasteiger partial charge in [0.1, 0.15) is 17.9 Å². The molecular weight excluding hydrogens is 400 g/mol. The van der Waals surface area contributed by atoms with E-state index in [1.807, 2.05) is 0 Å². The van der Waals surface area contributed by atoms with Crippen LogP contribution in [0.2, 0.25) is 0 Å². The minimum atomic E-state index is -4.53. The monoisotopic (exact) mass is 416 g/mol. The molecule has 5 nitrogen and oxygen atoms in total. The van der Waals surface area contributed by atoms with E-state index in [1.165, 1.54) is 19.5 Å². The fourth-order valence-electron chi connectivity index (χ4n) is 3.46. The first-order chi connectivity index (χ1) is 14.4. The SMILES string of the molecule is COc1cccc(F)c1CCc1ccc(-c2cnccc2C(F)(F)F)c2nncn12. The zero-order valence-electron chi connectivity index (χ0n) is 15.8. The largest absolute Gasteiger partial charge is 0.496 e. The molecule has 4 rings (SSSR count). The van der Waals surface area contributed by atoms with Gasteiger partial charge in [0, 0.05) is 34.8 Å². The molecule has 0 N–H and O–H groups in total. The van der Waals surface area contributed by atoms with E-state index in [9.17, 15) is 17.6 Å². The van der Waals surface area contributed by atoms with Gasteiger partial charge in [-0.25, -0.2) is 4.39 Å². The van der Waals surface area contributed by atoms with Crippen LogP contribution in [0.15, 0.2) is 55.1 Å². The van der Waals surface area contributed by atoms with Gasteiger partial charge in [0.05, 0.1) is 12.7 Å². The second-order valence-electron chi connectivity index (χ2n) is 6.60. The third-order valence-corrected chi connectivity index (χ3v) is 4.88. The maximum absolute atomic E-state index is 14.2. The molecule has 0 atom stereocenters. The molecule has 0 amide bonds. The smallest absolute Gasteiger partial charge is 0.417 e. The number of pyridine rings is 2. The van der Waals surface area contributed by atoms with Gasteiger partial charge in [-0.15, -0.1) is 10.2 Å². The van der Waals surface area contributed by atoms with Crippen molar-refractivity contribution >= 4 is 5.65 Å². The molecule has 0 fully saturated rings. The number of methoxy groups -OCH3 is 1. The van der Waals surface area contributed by atoms with Gasteiger partial charge in [0.2, 0.25) is 0 Å². The van der Waals surface area contributed by atoms with Crippen molar-refractivity contribution in [3.8, 4) is 16.9 Å². The number of fused-ring (bicyclic) bond motifs is 1. The van der Waals surface area contributed by atoms with E-state index >= 15 is 0 Å². The fourth-order valence-corrected chi connectivity index (χ4v) is 3.46. The minimum Gasteiger partial charge on any atom is -0.496 e. The predicted molar refractivity (Wildman–Crippen MR) is 102 cm³/mol. The van der Waals surface area contributed by atoms with E-state index in [4.69, 9.17) is 4.74 Å². The number of hydrogen-bond acceptors (Lipinski definition) is 4. The number of benzene rings is 1.